The smallest absolute Gasteiger partial charge is 0.417 e. The van der Waals surface area contributed by atoms with Gasteiger partial charge in [0.1, 0.15) is 41.2 Å². The lowest BCUT2D eigenvalue weighted by Gasteiger charge is -2.10. The Hall–Kier alpha value is -10.1. The molecular formula is C56H51N9O9. The zero-order chi connectivity index (χ0) is 52.2. The van der Waals surface area contributed by atoms with Crippen molar-refractivity contribution in [1.82, 2.24) is 18.7 Å². The number of fused-ring (bicyclic) bond motifs is 4. The summed E-state index contributed by atoms with van der Waals surface area (Å²) in [5.41, 5.74) is 15.5. The Morgan fingerprint density at radius 1 is 0.608 bits per heavy atom. The number of nitrogens with zero attached hydrogens (tertiary/aromatic N) is 7. The number of nitrogens with one attached hydrogen (secondary N) is 1. The van der Waals surface area contributed by atoms with E-state index in [-0.39, 0.29) is 18.9 Å². The van der Waals surface area contributed by atoms with Gasteiger partial charge in [-0.15, -0.1) is 0 Å². The van der Waals surface area contributed by atoms with Crippen molar-refractivity contribution in [2.75, 3.05) is 27.1 Å². The molecule has 6 aromatic carbocycles. The van der Waals surface area contributed by atoms with E-state index < -0.39 is 22.1 Å². The van der Waals surface area contributed by atoms with Crippen LogP contribution in [-0.4, -0.2) is 55.2 Å². The fourth-order valence-corrected chi connectivity index (χ4v) is 9.21. The molecule has 74 heavy (non-hydrogen) atoms. The molecule has 4 heterocycles. The van der Waals surface area contributed by atoms with Gasteiger partial charge in [0.25, 0.3) is 0 Å². The molecule has 18 nitrogen and oxygen atoms in total. The number of aryl methyl sites for hydroxylation is 3. The highest BCUT2D eigenvalue weighted by molar-refractivity contribution is 5.98. The molecule has 4 aromatic heterocycles. The second-order valence-corrected chi connectivity index (χ2v) is 16.3. The van der Waals surface area contributed by atoms with Gasteiger partial charge in [-0.2, -0.15) is 15.8 Å². The molecule has 5 N–H and O–H groups in total. The van der Waals surface area contributed by atoms with E-state index in [1.165, 1.54) is 12.1 Å². The van der Waals surface area contributed by atoms with Crippen LogP contribution in [0.2, 0.25) is 0 Å². The number of nitriles is 3. The highest BCUT2D eigenvalue weighted by Crippen LogP contribution is 2.40. The maximum Gasteiger partial charge on any atom is 0.417 e. The largest absolute Gasteiger partial charge is 0.506 e. The van der Waals surface area contributed by atoms with Crippen LogP contribution in [0, 0.1) is 44.1 Å². The molecule has 0 radical (unpaired) electrons. The molecule has 0 atom stereocenters. The van der Waals surface area contributed by atoms with Gasteiger partial charge in [0.2, 0.25) is 0 Å². The summed E-state index contributed by atoms with van der Waals surface area (Å²) >= 11 is 0. The molecule has 0 saturated heterocycles. The third kappa shape index (κ3) is 9.20. The van der Waals surface area contributed by atoms with Crippen LogP contribution in [0.1, 0.15) is 44.9 Å². The number of nitro benzene ring substituents is 1. The maximum absolute atomic E-state index is 11.4. The molecule has 10 rings (SSSR count). The number of benzene rings is 6. The Labute approximate surface area is 424 Å². The second kappa shape index (κ2) is 21.5. The van der Waals surface area contributed by atoms with Gasteiger partial charge < -0.3 is 48.3 Å². The molecule has 0 aliphatic carbocycles. The number of H-pyrrole nitrogens is 1. The quantitative estimate of drug-likeness (QED) is 0.0430. The van der Waals surface area contributed by atoms with Crippen molar-refractivity contribution in [2.24, 2.45) is 0 Å². The van der Waals surface area contributed by atoms with E-state index in [2.05, 4.69) is 32.3 Å². The molecule has 18 heteroatoms. The standard InChI is InChI=1S/C19H15N3O3.C18H15N3O4.C18H17N3O2.CH4/c1-3-22-16-9-12(24-2)5-6-13(16)14(10-20)18(22)11-4-7-17-15(8-11)21-19(23)25-17;1-3-20-15-9-12(25-2)5-6-13(15)14(10-19)18(20)11-4-7-17(22)16(8-11)21(23)24;1-3-21-16-9-12(23-2)5-6-13(16)14(10-19)18(21)11-4-7-17(22)15(20)8-11;/h4-9H,3H2,1-2H3,(H,21,23);4-9,22H,3H2,1-2H3;4-9,22H,3,20H2,1-2H3;1H4. The van der Waals surface area contributed by atoms with E-state index >= 15 is 0 Å². The molecule has 0 aliphatic heterocycles. The number of rotatable bonds is 10. The van der Waals surface area contributed by atoms with Crippen LogP contribution < -0.4 is 25.7 Å². The number of nitrogens with two attached hydrogens (primary N) is 1. The topological polar surface area (TPSA) is 269 Å². The first-order valence-electron chi connectivity index (χ1n) is 22.8. The zero-order valence-electron chi connectivity index (χ0n) is 40.5. The normalized spacial score (nSPS) is 10.6. The van der Waals surface area contributed by atoms with Crippen molar-refractivity contribution in [3.8, 4) is 80.7 Å². The number of aromatic nitrogens is 4. The minimum absolute atomic E-state index is 0. The van der Waals surface area contributed by atoms with Crippen molar-refractivity contribution >= 4 is 55.2 Å². The fraction of sp³-hybridized carbons (Fsp3) is 0.179. The van der Waals surface area contributed by atoms with Crippen molar-refractivity contribution in [1.29, 1.82) is 15.8 Å². The number of ether oxygens (including phenoxy) is 3. The summed E-state index contributed by atoms with van der Waals surface area (Å²) in [6, 6.07) is 38.1. The SMILES string of the molecule is C.CCn1c(-c2ccc(O)c(N)c2)c(C#N)c2ccc(OC)cc21.CCn1c(-c2ccc(O)c([N+](=O)[O-])c2)c(C#N)c2ccc(OC)cc21.CCn1c(-c2ccc3oc(=O)[nH]c3c2)c(C#N)c2ccc(OC)cc21. The van der Waals surface area contributed by atoms with Crippen molar-refractivity contribution in [2.45, 2.75) is 47.8 Å². The van der Waals surface area contributed by atoms with Crippen LogP contribution in [0.25, 0.3) is 77.6 Å². The molecule has 0 unspecified atom stereocenters. The van der Waals surface area contributed by atoms with Gasteiger partial charge >= 0.3 is 11.4 Å². The van der Waals surface area contributed by atoms with Gasteiger partial charge in [-0.25, -0.2) is 4.79 Å². The van der Waals surface area contributed by atoms with Crippen molar-refractivity contribution < 1.29 is 33.8 Å². The fourth-order valence-electron chi connectivity index (χ4n) is 9.21. The maximum atomic E-state index is 11.4. The molecule has 0 aliphatic rings. The van der Waals surface area contributed by atoms with E-state index in [0.29, 0.717) is 64.4 Å². The van der Waals surface area contributed by atoms with Gasteiger partial charge in [0, 0.05) is 76.7 Å². The molecule has 0 spiro atoms. The second-order valence-electron chi connectivity index (χ2n) is 16.3. The predicted octanol–water partition coefficient (Wildman–Crippen LogP) is 11.6. The Morgan fingerprint density at radius 2 is 1.00 bits per heavy atom. The molecule has 0 saturated carbocycles. The number of anilines is 1. The number of aromatic amines is 1. The molecular weight excluding hydrogens is 943 g/mol. The van der Waals surface area contributed by atoms with E-state index in [1.54, 1.807) is 63.8 Å². The highest BCUT2D eigenvalue weighted by Gasteiger charge is 2.24. The molecule has 10 aromatic rings. The average molecular weight is 994 g/mol. The summed E-state index contributed by atoms with van der Waals surface area (Å²) in [4.78, 5) is 24.5. The summed E-state index contributed by atoms with van der Waals surface area (Å²) in [7, 11) is 4.80. The first-order chi connectivity index (χ1) is 35.3. The summed E-state index contributed by atoms with van der Waals surface area (Å²) in [6.07, 6.45) is 0. The molecule has 0 fully saturated rings. The zero-order valence-corrected chi connectivity index (χ0v) is 40.5. The number of oxazole rings is 1. The first kappa shape index (κ1) is 51.7. The Morgan fingerprint density at radius 3 is 1.38 bits per heavy atom. The van der Waals surface area contributed by atoms with Gasteiger partial charge in [0.05, 0.1) is 87.8 Å². The summed E-state index contributed by atoms with van der Waals surface area (Å²) < 4.78 is 27.0. The van der Waals surface area contributed by atoms with Crippen LogP contribution in [0.4, 0.5) is 11.4 Å². The Balaban J connectivity index is 0.000000161. The number of phenolic OH excluding ortho intramolecular Hbond substituents is 2. The lowest BCUT2D eigenvalue weighted by Crippen LogP contribution is -1.98. The lowest BCUT2D eigenvalue weighted by atomic mass is 10.0. The van der Waals surface area contributed by atoms with Gasteiger partial charge in [-0.3, -0.25) is 15.1 Å². The third-order valence-corrected chi connectivity index (χ3v) is 12.5. The summed E-state index contributed by atoms with van der Waals surface area (Å²) in [5.74, 6) is 1.28. The number of hydrogen-bond acceptors (Lipinski definition) is 13. The number of phenols is 2. The lowest BCUT2D eigenvalue weighted by molar-refractivity contribution is -0.385. The number of aromatic hydroxyl groups is 2. The van der Waals surface area contributed by atoms with Crippen molar-refractivity contribution in [3.05, 3.63) is 147 Å². The number of hydrogen-bond donors (Lipinski definition) is 4. The van der Waals surface area contributed by atoms with Crippen LogP contribution in [0.3, 0.4) is 0 Å². The Kier molecular flexibility index (Phi) is 15.0. The van der Waals surface area contributed by atoms with E-state index in [9.17, 15) is 40.9 Å². The highest BCUT2D eigenvalue weighted by atomic mass is 16.6. The van der Waals surface area contributed by atoms with E-state index in [1.807, 2.05) is 79.9 Å². The van der Waals surface area contributed by atoms with Crippen LogP contribution >= 0.6 is 0 Å². The summed E-state index contributed by atoms with van der Waals surface area (Å²) in [6.45, 7) is 7.94. The minimum atomic E-state index is -0.646. The first-order valence-corrected chi connectivity index (χ1v) is 22.8. The number of methoxy groups -OCH3 is 3. The summed E-state index contributed by atoms with van der Waals surface area (Å²) in [5, 5.41) is 62.0. The monoisotopic (exact) mass is 993 g/mol. The Bertz CT molecular complexity index is 3990. The molecule has 374 valence electrons. The van der Waals surface area contributed by atoms with Gasteiger partial charge in [-0.1, -0.05) is 7.43 Å². The van der Waals surface area contributed by atoms with Crippen LogP contribution in [0.5, 0.6) is 28.7 Å². The third-order valence-electron chi connectivity index (χ3n) is 12.5. The van der Waals surface area contributed by atoms with E-state index in [4.69, 9.17) is 24.4 Å². The minimum Gasteiger partial charge on any atom is -0.506 e. The molecule has 0 bridgehead atoms. The number of nitrogen functional groups attached to an aromatic ring is 1. The van der Waals surface area contributed by atoms with Crippen molar-refractivity contribution in [3.63, 3.8) is 0 Å². The van der Waals surface area contributed by atoms with E-state index in [0.717, 1.165) is 66.7 Å². The predicted molar refractivity (Wildman–Crippen MR) is 284 cm³/mol. The molecule has 0 amide bonds. The van der Waals surface area contributed by atoms with Crippen LogP contribution in [-0.2, 0) is 19.6 Å². The number of nitro groups is 1. The average Bonchev–Trinajstić information content (AvgIpc) is 4.14. The van der Waals surface area contributed by atoms with Gasteiger partial charge in [-0.05, 0) is 106 Å². The van der Waals surface area contributed by atoms with Crippen LogP contribution in [0.15, 0.2) is 118 Å². The van der Waals surface area contributed by atoms with Gasteiger partial charge in [0.15, 0.2) is 11.3 Å².